The average Bonchev–Trinajstić information content (AvgIpc) is 3.06. The number of fused-ring (bicyclic) bond motifs is 1. The van der Waals surface area contributed by atoms with Crippen LogP contribution in [0.5, 0.6) is 0 Å². The topological polar surface area (TPSA) is 40.6 Å². The number of rotatable bonds is 2. The zero-order valence-corrected chi connectivity index (χ0v) is 17.2. The van der Waals surface area contributed by atoms with E-state index in [-0.39, 0.29) is 18.4 Å². The van der Waals surface area contributed by atoms with E-state index in [0.29, 0.717) is 36.0 Å². The van der Waals surface area contributed by atoms with Crippen LogP contribution in [0.2, 0.25) is 10.0 Å². The van der Waals surface area contributed by atoms with Gasteiger partial charge in [0.05, 0.1) is 22.7 Å². The van der Waals surface area contributed by atoms with Gasteiger partial charge in [-0.1, -0.05) is 71.4 Å². The zero-order valence-electron chi connectivity index (χ0n) is 14.0. The molecule has 136 valence electrons. The van der Waals surface area contributed by atoms with Gasteiger partial charge in [0.15, 0.2) is 0 Å². The van der Waals surface area contributed by atoms with Crippen molar-refractivity contribution in [3.8, 4) is 0 Å². The van der Waals surface area contributed by atoms with Gasteiger partial charge in [0.1, 0.15) is 4.32 Å². The fourth-order valence-corrected chi connectivity index (χ4v) is 4.86. The number of hydrogen-bond donors (Lipinski definition) is 0. The van der Waals surface area contributed by atoms with Crippen LogP contribution in [0, 0.1) is 0 Å². The lowest BCUT2D eigenvalue weighted by Crippen LogP contribution is -2.27. The van der Waals surface area contributed by atoms with E-state index in [0.717, 1.165) is 17.4 Å². The molecule has 4 rings (SSSR count). The summed E-state index contributed by atoms with van der Waals surface area (Å²) in [4.78, 5) is 29.2. The zero-order chi connectivity index (χ0) is 19.3. The number of benzene rings is 2. The minimum absolute atomic E-state index is 0.213. The Morgan fingerprint density at radius 3 is 2.30 bits per heavy atom. The minimum atomic E-state index is -0.263. The van der Waals surface area contributed by atoms with Gasteiger partial charge < -0.3 is 4.90 Å². The predicted molar refractivity (Wildman–Crippen MR) is 114 cm³/mol. The maximum absolute atomic E-state index is 13.3. The maximum Gasteiger partial charge on any atom is 0.266 e. The molecule has 27 heavy (non-hydrogen) atoms. The summed E-state index contributed by atoms with van der Waals surface area (Å²) < 4.78 is 0.431. The lowest BCUT2D eigenvalue weighted by molar-refractivity contribution is -0.121. The van der Waals surface area contributed by atoms with Crippen molar-refractivity contribution in [2.24, 2.45) is 0 Å². The molecule has 0 aliphatic carbocycles. The Labute approximate surface area is 175 Å². The Kier molecular flexibility index (Phi) is 4.76. The molecule has 4 nitrogen and oxygen atoms in total. The molecule has 2 aliphatic rings. The lowest BCUT2D eigenvalue weighted by atomic mass is 10.1. The van der Waals surface area contributed by atoms with Crippen LogP contribution >= 0.6 is 47.2 Å². The highest BCUT2D eigenvalue weighted by Crippen LogP contribution is 2.45. The first-order valence-electron chi connectivity index (χ1n) is 7.98. The van der Waals surface area contributed by atoms with E-state index >= 15 is 0 Å². The molecule has 0 spiro atoms. The molecule has 0 bridgehead atoms. The molecular weight excluding hydrogens is 423 g/mol. The number of halogens is 2. The van der Waals surface area contributed by atoms with Crippen molar-refractivity contribution >= 4 is 74.6 Å². The first-order chi connectivity index (χ1) is 12.9. The van der Waals surface area contributed by atoms with Gasteiger partial charge in [-0.3, -0.25) is 14.5 Å². The van der Waals surface area contributed by atoms with E-state index in [4.69, 9.17) is 35.4 Å². The van der Waals surface area contributed by atoms with Gasteiger partial charge in [-0.25, -0.2) is 0 Å². The number of para-hydroxylation sites is 1. The highest BCUT2D eigenvalue weighted by Gasteiger charge is 2.41. The molecule has 1 fully saturated rings. The fourth-order valence-electron chi connectivity index (χ4n) is 3.09. The molecule has 0 unspecified atom stereocenters. The van der Waals surface area contributed by atoms with Gasteiger partial charge in [-0.05, 0) is 18.2 Å². The van der Waals surface area contributed by atoms with Gasteiger partial charge in [0.2, 0.25) is 0 Å². The van der Waals surface area contributed by atoms with Crippen molar-refractivity contribution in [1.29, 1.82) is 0 Å². The Morgan fingerprint density at radius 2 is 1.67 bits per heavy atom. The minimum Gasteiger partial charge on any atom is -0.303 e. The SMILES string of the molecule is CN1C(=O)C(=C2C(=O)N(Cc3c(Cl)cccc3Cl)c3ccccc32)SC1=S. The number of thioether (sulfide) groups is 1. The third-order valence-corrected chi connectivity index (χ3v) is 6.75. The second-order valence-electron chi connectivity index (χ2n) is 6.04. The Balaban J connectivity index is 1.84. The molecule has 0 aromatic heterocycles. The number of thiocarbonyl (C=S) groups is 1. The summed E-state index contributed by atoms with van der Waals surface area (Å²) in [6, 6.07) is 12.6. The molecule has 8 heteroatoms. The summed E-state index contributed by atoms with van der Waals surface area (Å²) in [5, 5.41) is 0.974. The normalized spacial score (nSPS) is 19.3. The summed E-state index contributed by atoms with van der Waals surface area (Å²) >= 11 is 18.9. The molecule has 0 atom stereocenters. The molecule has 0 radical (unpaired) electrons. The summed E-state index contributed by atoms with van der Waals surface area (Å²) in [7, 11) is 1.61. The number of carbonyl (C=O) groups is 2. The number of hydrogen-bond acceptors (Lipinski definition) is 4. The first kappa shape index (κ1) is 18.5. The third kappa shape index (κ3) is 2.97. The predicted octanol–water partition coefficient (Wildman–Crippen LogP) is 4.74. The van der Waals surface area contributed by atoms with E-state index in [1.165, 1.54) is 4.90 Å². The van der Waals surface area contributed by atoms with E-state index in [1.54, 1.807) is 30.1 Å². The van der Waals surface area contributed by atoms with Gasteiger partial charge in [-0.15, -0.1) is 0 Å². The summed E-state index contributed by atoms with van der Waals surface area (Å²) in [5.41, 5.74) is 2.46. The van der Waals surface area contributed by atoms with E-state index in [9.17, 15) is 9.59 Å². The van der Waals surface area contributed by atoms with Crippen LogP contribution in [0.4, 0.5) is 5.69 Å². The van der Waals surface area contributed by atoms with Crippen LogP contribution < -0.4 is 4.90 Å². The van der Waals surface area contributed by atoms with E-state index < -0.39 is 0 Å². The molecular formula is C19H12Cl2N2O2S2. The number of anilines is 1. The van der Waals surface area contributed by atoms with Crippen LogP contribution in [0.15, 0.2) is 47.4 Å². The Morgan fingerprint density at radius 1 is 1.00 bits per heavy atom. The smallest absolute Gasteiger partial charge is 0.266 e. The van der Waals surface area contributed by atoms with Gasteiger partial charge in [0.25, 0.3) is 11.8 Å². The standard InChI is InChI=1S/C19H12Cl2N2O2S2/c1-22-18(25)16(27-19(22)26)15-10-5-2-3-8-14(10)23(17(15)24)9-11-12(20)6-4-7-13(11)21/h2-8H,9H2,1H3. The van der Waals surface area contributed by atoms with Crippen molar-refractivity contribution in [1.82, 2.24) is 4.90 Å². The quantitative estimate of drug-likeness (QED) is 0.505. The summed E-state index contributed by atoms with van der Waals surface area (Å²) in [6.07, 6.45) is 0. The van der Waals surface area contributed by atoms with Crippen LogP contribution in [0.1, 0.15) is 11.1 Å². The number of likely N-dealkylation sites (N-methyl/N-ethyl adjacent to an activating group) is 1. The molecule has 2 aromatic rings. The second kappa shape index (κ2) is 6.95. The maximum atomic E-state index is 13.3. The Hall–Kier alpha value is -1.86. The van der Waals surface area contributed by atoms with Crippen molar-refractivity contribution in [3.05, 3.63) is 68.5 Å². The van der Waals surface area contributed by atoms with Gasteiger partial charge in [-0.2, -0.15) is 0 Å². The molecule has 0 saturated carbocycles. The molecule has 2 aromatic carbocycles. The van der Waals surface area contributed by atoms with Crippen molar-refractivity contribution in [2.45, 2.75) is 6.54 Å². The van der Waals surface area contributed by atoms with E-state index in [1.807, 2.05) is 24.3 Å². The van der Waals surface area contributed by atoms with Gasteiger partial charge in [0, 0.05) is 28.2 Å². The summed E-state index contributed by atoms with van der Waals surface area (Å²) in [6.45, 7) is 0.213. The molecule has 2 heterocycles. The Bertz CT molecular complexity index is 1030. The highest BCUT2D eigenvalue weighted by atomic mass is 35.5. The van der Waals surface area contributed by atoms with Crippen molar-refractivity contribution in [2.75, 3.05) is 11.9 Å². The monoisotopic (exact) mass is 434 g/mol. The molecule has 2 aliphatic heterocycles. The van der Waals surface area contributed by atoms with Crippen molar-refractivity contribution < 1.29 is 9.59 Å². The first-order valence-corrected chi connectivity index (χ1v) is 9.96. The van der Waals surface area contributed by atoms with Gasteiger partial charge >= 0.3 is 0 Å². The number of amides is 2. The molecule has 2 amide bonds. The number of carbonyl (C=O) groups excluding carboxylic acids is 2. The lowest BCUT2D eigenvalue weighted by Gasteiger charge is -2.19. The second-order valence-corrected chi connectivity index (χ2v) is 8.50. The van der Waals surface area contributed by atoms with Crippen LogP contribution in [0.3, 0.4) is 0 Å². The molecule has 1 saturated heterocycles. The fraction of sp³-hybridized carbons (Fsp3) is 0.105. The summed E-state index contributed by atoms with van der Waals surface area (Å²) in [5.74, 6) is -0.526. The highest BCUT2D eigenvalue weighted by molar-refractivity contribution is 8.26. The average molecular weight is 435 g/mol. The van der Waals surface area contributed by atoms with Crippen LogP contribution in [-0.4, -0.2) is 28.1 Å². The largest absolute Gasteiger partial charge is 0.303 e. The van der Waals surface area contributed by atoms with Crippen molar-refractivity contribution in [3.63, 3.8) is 0 Å². The third-order valence-electron chi connectivity index (χ3n) is 4.49. The van der Waals surface area contributed by atoms with Crippen LogP contribution in [0.25, 0.3) is 5.57 Å². The molecule has 0 N–H and O–H groups in total. The van der Waals surface area contributed by atoms with Crippen LogP contribution in [-0.2, 0) is 16.1 Å². The number of nitrogens with zero attached hydrogens (tertiary/aromatic N) is 2. The van der Waals surface area contributed by atoms with E-state index in [2.05, 4.69) is 0 Å².